The van der Waals surface area contributed by atoms with Crippen molar-refractivity contribution in [3.8, 4) is 0 Å². The van der Waals surface area contributed by atoms with Crippen molar-refractivity contribution >= 4 is 11.7 Å². The van der Waals surface area contributed by atoms with Crippen LogP contribution in [0.15, 0.2) is 18.2 Å². The Hall–Kier alpha value is -1.51. The number of rotatable bonds is 4. The van der Waals surface area contributed by atoms with Gasteiger partial charge in [0, 0.05) is 11.7 Å². The second kappa shape index (κ2) is 6.08. The number of hydrogen-bond acceptors (Lipinski definition) is 3. The molecule has 2 aliphatic carbocycles. The Morgan fingerprint density at radius 2 is 2.00 bits per heavy atom. The standard InChI is InChI=1S/C18H25NO2/c1-12-16(18(20)21-2)7-4-8-17(12)19-15-6-3-5-14(11-15)13-9-10-13/h4,7-8,13-15,19H,3,5-6,9-11H2,1-2H3. The molecule has 114 valence electrons. The smallest absolute Gasteiger partial charge is 0.338 e. The average Bonchev–Trinajstić information content (AvgIpc) is 3.34. The maximum absolute atomic E-state index is 11.8. The lowest BCUT2D eigenvalue weighted by molar-refractivity contribution is 0.0600. The third kappa shape index (κ3) is 3.22. The summed E-state index contributed by atoms with van der Waals surface area (Å²) < 4.78 is 4.85. The van der Waals surface area contributed by atoms with Gasteiger partial charge in [0.2, 0.25) is 0 Å². The first-order chi connectivity index (χ1) is 10.2. The van der Waals surface area contributed by atoms with E-state index in [9.17, 15) is 4.79 Å². The SMILES string of the molecule is COC(=O)c1cccc(NC2CCCC(C3CC3)C2)c1C. The van der Waals surface area contributed by atoms with E-state index in [1.807, 2.05) is 19.1 Å². The molecule has 2 aliphatic rings. The molecule has 0 spiro atoms. The number of methoxy groups -OCH3 is 1. The molecule has 3 rings (SSSR count). The van der Waals surface area contributed by atoms with Gasteiger partial charge >= 0.3 is 5.97 Å². The number of carbonyl (C=O) groups excluding carboxylic acids is 1. The molecule has 1 aromatic carbocycles. The molecular weight excluding hydrogens is 262 g/mol. The number of anilines is 1. The average molecular weight is 287 g/mol. The van der Waals surface area contributed by atoms with Gasteiger partial charge in [-0.1, -0.05) is 18.9 Å². The van der Waals surface area contributed by atoms with Gasteiger partial charge in [-0.05, 0) is 62.1 Å². The van der Waals surface area contributed by atoms with Crippen LogP contribution in [0.1, 0.15) is 54.4 Å². The van der Waals surface area contributed by atoms with Crippen LogP contribution in [0.3, 0.4) is 0 Å². The molecule has 3 heteroatoms. The fourth-order valence-electron chi connectivity index (χ4n) is 3.70. The second-order valence-corrected chi connectivity index (χ2v) is 6.58. The van der Waals surface area contributed by atoms with Crippen molar-refractivity contribution in [3.05, 3.63) is 29.3 Å². The van der Waals surface area contributed by atoms with E-state index in [4.69, 9.17) is 4.74 Å². The summed E-state index contributed by atoms with van der Waals surface area (Å²) in [6.45, 7) is 2.00. The molecule has 2 saturated carbocycles. The molecular formula is C18H25NO2. The quantitative estimate of drug-likeness (QED) is 0.845. The van der Waals surface area contributed by atoms with Gasteiger partial charge in [-0.25, -0.2) is 4.79 Å². The number of benzene rings is 1. The Bertz CT molecular complexity index is 522. The van der Waals surface area contributed by atoms with Crippen molar-refractivity contribution in [1.82, 2.24) is 0 Å². The van der Waals surface area contributed by atoms with Gasteiger partial charge in [0.1, 0.15) is 0 Å². The van der Waals surface area contributed by atoms with Crippen molar-refractivity contribution in [1.29, 1.82) is 0 Å². The van der Waals surface area contributed by atoms with Crippen LogP contribution in [0.2, 0.25) is 0 Å². The van der Waals surface area contributed by atoms with Gasteiger partial charge in [-0.2, -0.15) is 0 Å². The largest absolute Gasteiger partial charge is 0.465 e. The molecule has 0 aromatic heterocycles. The fraction of sp³-hybridized carbons (Fsp3) is 0.611. The highest BCUT2D eigenvalue weighted by atomic mass is 16.5. The molecule has 2 unspecified atom stereocenters. The second-order valence-electron chi connectivity index (χ2n) is 6.58. The van der Waals surface area contributed by atoms with Gasteiger partial charge in [0.25, 0.3) is 0 Å². The monoisotopic (exact) mass is 287 g/mol. The highest BCUT2D eigenvalue weighted by Gasteiger charge is 2.34. The first-order valence-electron chi connectivity index (χ1n) is 8.13. The Labute approximate surface area is 127 Å². The molecule has 0 aliphatic heterocycles. The summed E-state index contributed by atoms with van der Waals surface area (Å²) in [5, 5.41) is 3.67. The molecule has 2 fully saturated rings. The molecule has 3 nitrogen and oxygen atoms in total. The van der Waals surface area contributed by atoms with Gasteiger partial charge in [-0.3, -0.25) is 0 Å². The van der Waals surface area contributed by atoms with E-state index in [2.05, 4.69) is 11.4 Å². The summed E-state index contributed by atoms with van der Waals surface area (Å²) in [6.07, 6.45) is 8.14. The topological polar surface area (TPSA) is 38.3 Å². The van der Waals surface area contributed by atoms with Crippen molar-refractivity contribution in [3.63, 3.8) is 0 Å². The minimum Gasteiger partial charge on any atom is -0.465 e. The summed E-state index contributed by atoms with van der Waals surface area (Å²) in [4.78, 5) is 11.8. The molecule has 0 bridgehead atoms. The summed E-state index contributed by atoms with van der Waals surface area (Å²) in [5.74, 6) is 1.66. The number of esters is 1. The van der Waals surface area contributed by atoms with E-state index in [1.165, 1.54) is 45.6 Å². The third-order valence-corrected chi connectivity index (χ3v) is 5.10. The Morgan fingerprint density at radius 1 is 1.19 bits per heavy atom. The van der Waals surface area contributed by atoms with Crippen LogP contribution in [0.4, 0.5) is 5.69 Å². The van der Waals surface area contributed by atoms with Gasteiger partial charge in [0.05, 0.1) is 12.7 Å². The lowest BCUT2D eigenvalue weighted by Crippen LogP contribution is -2.28. The summed E-state index contributed by atoms with van der Waals surface area (Å²) in [5.41, 5.74) is 2.74. The molecule has 21 heavy (non-hydrogen) atoms. The Morgan fingerprint density at radius 3 is 2.71 bits per heavy atom. The summed E-state index contributed by atoms with van der Waals surface area (Å²) >= 11 is 0. The van der Waals surface area contributed by atoms with Crippen molar-refractivity contribution < 1.29 is 9.53 Å². The Balaban J connectivity index is 1.70. The first-order valence-corrected chi connectivity index (χ1v) is 8.13. The Kier molecular flexibility index (Phi) is 4.18. The van der Waals surface area contributed by atoms with Gasteiger partial charge < -0.3 is 10.1 Å². The van der Waals surface area contributed by atoms with E-state index in [0.717, 1.165) is 23.1 Å². The maximum atomic E-state index is 11.8. The van der Waals surface area contributed by atoms with Crippen LogP contribution < -0.4 is 5.32 Å². The predicted molar refractivity (Wildman–Crippen MR) is 84.6 cm³/mol. The lowest BCUT2D eigenvalue weighted by Gasteiger charge is -2.31. The minimum absolute atomic E-state index is 0.254. The van der Waals surface area contributed by atoms with Crippen LogP contribution in [0.25, 0.3) is 0 Å². The van der Waals surface area contributed by atoms with E-state index >= 15 is 0 Å². The van der Waals surface area contributed by atoms with Crippen LogP contribution in [0.5, 0.6) is 0 Å². The minimum atomic E-state index is -0.254. The highest BCUT2D eigenvalue weighted by molar-refractivity contribution is 5.92. The maximum Gasteiger partial charge on any atom is 0.338 e. The van der Waals surface area contributed by atoms with Crippen molar-refractivity contribution in [2.24, 2.45) is 11.8 Å². The van der Waals surface area contributed by atoms with E-state index in [1.54, 1.807) is 0 Å². The molecule has 0 radical (unpaired) electrons. The summed E-state index contributed by atoms with van der Waals surface area (Å²) in [7, 11) is 1.43. The van der Waals surface area contributed by atoms with E-state index in [-0.39, 0.29) is 5.97 Å². The number of nitrogens with one attached hydrogen (secondary N) is 1. The fourth-order valence-corrected chi connectivity index (χ4v) is 3.70. The van der Waals surface area contributed by atoms with Crippen LogP contribution in [-0.2, 0) is 4.74 Å². The molecule has 2 atom stereocenters. The van der Waals surface area contributed by atoms with Crippen LogP contribution in [0, 0.1) is 18.8 Å². The van der Waals surface area contributed by atoms with Gasteiger partial charge in [0.15, 0.2) is 0 Å². The van der Waals surface area contributed by atoms with E-state index in [0.29, 0.717) is 11.6 Å². The lowest BCUT2D eigenvalue weighted by atomic mass is 9.82. The molecule has 0 saturated heterocycles. The van der Waals surface area contributed by atoms with Crippen LogP contribution >= 0.6 is 0 Å². The molecule has 0 amide bonds. The summed E-state index contributed by atoms with van der Waals surface area (Å²) in [6, 6.07) is 6.39. The van der Waals surface area contributed by atoms with E-state index < -0.39 is 0 Å². The highest BCUT2D eigenvalue weighted by Crippen LogP contribution is 2.44. The normalized spacial score (nSPS) is 25.4. The number of hydrogen-bond donors (Lipinski definition) is 1. The predicted octanol–water partition coefficient (Wildman–Crippen LogP) is 4.16. The van der Waals surface area contributed by atoms with Crippen molar-refractivity contribution in [2.75, 3.05) is 12.4 Å². The van der Waals surface area contributed by atoms with Crippen molar-refractivity contribution in [2.45, 2.75) is 51.5 Å². The molecule has 1 aromatic rings. The number of ether oxygens (including phenoxy) is 1. The molecule has 1 N–H and O–H groups in total. The zero-order valence-corrected chi connectivity index (χ0v) is 13.0. The zero-order valence-electron chi connectivity index (χ0n) is 13.0. The zero-order chi connectivity index (χ0) is 14.8. The number of carbonyl (C=O) groups is 1. The van der Waals surface area contributed by atoms with Crippen LogP contribution in [-0.4, -0.2) is 19.1 Å². The first kappa shape index (κ1) is 14.4. The third-order valence-electron chi connectivity index (χ3n) is 5.10. The van der Waals surface area contributed by atoms with Gasteiger partial charge in [-0.15, -0.1) is 0 Å². The molecule has 0 heterocycles.